The van der Waals surface area contributed by atoms with Gasteiger partial charge in [-0.25, -0.2) is 4.79 Å². The topological polar surface area (TPSA) is 46.5 Å². The molecule has 0 aliphatic heterocycles. The second-order valence-corrected chi connectivity index (χ2v) is 5.75. The van der Waals surface area contributed by atoms with Crippen molar-refractivity contribution < 1.29 is 14.6 Å². The Morgan fingerprint density at radius 2 is 1.91 bits per heavy atom. The highest BCUT2D eigenvalue weighted by molar-refractivity contribution is 5.92. The second kappa shape index (κ2) is 7.12. The fraction of sp³-hybridized carbons (Fsp3) is 0.316. The highest BCUT2D eigenvalue weighted by Gasteiger charge is 2.13. The molecule has 116 valence electrons. The van der Waals surface area contributed by atoms with Crippen molar-refractivity contribution in [3.8, 4) is 5.75 Å². The number of rotatable bonds is 6. The van der Waals surface area contributed by atoms with Gasteiger partial charge in [0, 0.05) is 6.42 Å². The summed E-state index contributed by atoms with van der Waals surface area (Å²) in [6.45, 7) is 6.58. The van der Waals surface area contributed by atoms with Crippen LogP contribution in [0, 0.1) is 6.92 Å². The lowest BCUT2D eigenvalue weighted by Crippen LogP contribution is -2.08. The molecule has 0 saturated heterocycles. The molecule has 22 heavy (non-hydrogen) atoms. The first kappa shape index (κ1) is 16.1. The summed E-state index contributed by atoms with van der Waals surface area (Å²) in [5.41, 5.74) is 3.47. The minimum Gasteiger partial charge on any atom is -0.492 e. The van der Waals surface area contributed by atoms with Crippen molar-refractivity contribution in [2.45, 2.75) is 33.1 Å². The number of aryl methyl sites for hydroxylation is 1. The number of carboxylic acid groups (broad SMARTS) is 1. The van der Waals surface area contributed by atoms with Gasteiger partial charge in [-0.15, -0.1) is 0 Å². The third-order valence-electron chi connectivity index (χ3n) is 3.71. The van der Waals surface area contributed by atoms with Crippen molar-refractivity contribution in [2.24, 2.45) is 0 Å². The highest BCUT2D eigenvalue weighted by Crippen LogP contribution is 2.22. The number of aromatic carboxylic acids is 1. The van der Waals surface area contributed by atoms with Crippen LogP contribution in [0.3, 0.4) is 0 Å². The molecule has 0 fully saturated rings. The van der Waals surface area contributed by atoms with Crippen molar-refractivity contribution in [1.82, 2.24) is 0 Å². The molecule has 0 aromatic heterocycles. The van der Waals surface area contributed by atoms with Crippen LogP contribution >= 0.6 is 0 Å². The fourth-order valence-corrected chi connectivity index (χ4v) is 2.42. The van der Waals surface area contributed by atoms with Gasteiger partial charge in [-0.2, -0.15) is 0 Å². The molecular weight excluding hydrogens is 276 g/mol. The van der Waals surface area contributed by atoms with Gasteiger partial charge in [0.15, 0.2) is 0 Å². The van der Waals surface area contributed by atoms with Crippen molar-refractivity contribution in [3.05, 3.63) is 64.7 Å². The number of benzene rings is 2. The van der Waals surface area contributed by atoms with Crippen molar-refractivity contribution in [2.75, 3.05) is 6.61 Å². The highest BCUT2D eigenvalue weighted by atomic mass is 16.5. The van der Waals surface area contributed by atoms with Crippen LogP contribution in [0.2, 0.25) is 0 Å². The molecule has 3 heteroatoms. The fourth-order valence-electron chi connectivity index (χ4n) is 2.42. The summed E-state index contributed by atoms with van der Waals surface area (Å²) < 4.78 is 5.70. The van der Waals surface area contributed by atoms with Crippen LogP contribution in [0.15, 0.2) is 42.5 Å². The molecule has 1 N–H and O–H groups in total. The normalized spacial score (nSPS) is 10.7. The lowest BCUT2D eigenvalue weighted by atomic mass is 10.00. The molecule has 0 aliphatic rings. The first-order valence-corrected chi connectivity index (χ1v) is 7.53. The maximum Gasteiger partial charge on any atom is 0.339 e. The van der Waals surface area contributed by atoms with E-state index in [0.29, 0.717) is 23.8 Å². The predicted octanol–water partition coefficient (Wildman–Crippen LogP) is 4.44. The summed E-state index contributed by atoms with van der Waals surface area (Å²) in [5, 5.41) is 9.28. The Morgan fingerprint density at radius 1 is 1.18 bits per heavy atom. The zero-order valence-electron chi connectivity index (χ0n) is 13.3. The summed E-state index contributed by atoms with van der Waals surface area (Å²) in [7, 11) is 0. The van der Waals surface area contributed by atoms with Crippen LogP contribution in [0.4, 0.5) is 0 Å². The summed E-state index contributed by atoms with van der Waals surface area (Å²) in [5.74, 6) is -0.0151. The smallest absolute Gasteiger partial charge is 0.339 e. The number of carbonyl (C=O) groups is 1. The predicted molar refractivity (Wildman–Crippen MR) is 87.9 cm³/mol. The molecule has 2 aromatic carbocycles. The molecule has 2 rings (SSSR count). The van der Waals surface area contributed by atoms with Gasteiger partial charge in [0.2, 0.25) is 0 Å². The van der Waals surface area contributed by atoms with Crippen molar-refractivity contribution in [1.29, 1.82) is 0 Å². The quantitative estimate of drug-likeness (QED) is 0.857. The molecule has 0 aliphatic carbocycles. The van der Waals surface area contributed by atoms with E-state index in [1.54, 1.807) is 19.1 Å². The van der Waals surface area contributed by atoms with Crippen LogP contribution in [0.1, 0.15) is 46.8 Å². The minimum atomic E-state index is -0.949. The molecule has 0 amide bonds. The van der Waals surface area contributed by atoms with E-state index in [1.807, 2.05) is 6.07 Å². The van der Waals surface area contributed by atoms with E-state index in [9.17, 15) is 9.90 Å². The van der Waals surface area contributed by atoms with E-state index in [2.05, 4.69) is 38.1 Å². The zero-order chi connectivity index (χ0) is 16.1. The Morgan fingerprint density at radius 3 is 2.59 bits per heavy atom. The van der Waals surface area contributed by atoms with Crippen LogP contribution in [0.25, 0.3) is 0 Å². The summed E-state index contributed by atoms with van der Waals surface area (Å²) in [4.78, 5) is 11.3. The Balaban J connectivity index is 2.04. The second-order valence-electron chi connectivity index (χ2n) is 5.75. The molecule has 3 nitrogen and oxygen atoms in total. The molecule has 0 heterocycles. The minimum absolute atomic E-state index is 0.249. The van der Waals surface area contributed by atoms with Gasteiger partial charge in [0.05, 0.1) is 6.61 Å². The van der Waals surface area contributed by atoms with Gasteiger partial charge in [0.1, 0.15) is 11.3 Å². The third kappa shape index (κ3) is 3.88. The Kier molecular flexibility index (Phi) is 5.21. The van der Waals surface area contributed by atoms with Crippen LogP contribution < -0.4 is 4.74 Å². The molecule has 0 saturated carbocycles. The van der Waals surface area contributed by atoms with E-state index < -0.39 is 5.97 Å². The lowest BCUT2D eigenvalue weighted by molar-refractivity contribution is 0.0691. The van der Waals surface area contributed by atoms with E-state index >= 15 is 0 Å². The number of ether oxygens (including phenoxy) is 1. The first-order chi connectivity index (χ1) is 10.5. The standard InChI is InChI=1S/C19H22O3/c1-13(2)16-8-5-7-15(12-16)10-11-22-17-9-4-6-14(3)18(17)19(20)21/h4-9,12-13H,10-11H2,1-3H3,(H,20,21). The van der Waals surface area contributed by atoms with Gasteiger partial charge in [-0.1, -0.05) is 50.2 Å². The monoisotopic (exact) mass is 298 g/mol. The van der Waals surface area contributed by atoms with Crippen LogP contribution in [0.5, 0.6) is 5.75 Å². The van der Waals surface area contributed by atoms with Gasteiger partial charge in [0.25, 0.3) is 0 Å². The summed E-state index contributed by atoms with van der Waals surface area (Å²) >= 11 is 0. The Hall–Kier alpha value is -2.29. The van der Waals surface area contributed by atoms with Gasteiger partial charge in [-0.3, -0.25) is 0 Å². The molecule has 0 bridgehead atoms. The summed E-state index contributed by atoms with van der Waals surface area (Å²) in [6.07, 6.45) is 0.758. The van der Waals surface area contributed by atoms with E-state index in [-0.39, 0.29) is 5.56 Å². The van der Waals surface area contributed by atoms with Crippen LogP contribution in [-0.2, 0) is 6.42 Å². The zero-order valence-corrected chi connectivity index (χ0v) is 13.3. The average molecular weight is 298 g/mol. The van der Waals surface area contributed by atoms with Gasteiger partial charge >= 0.3 is 5.97 Å². The van der Waals surface area contributed by atoms with Crippen molar-refractivity contribution in [3.63, 3.8) is 0 Å². The molecule has 2 aromatic rings. The van der Waals surface area contributed by atoms with Gasteiger partial charge in [-0.05, 0) is 35.6 Å². The molecule has 0 spiro atoms. The Bertz CT molecular complexity index is 659. The Labute approximate surface area is 131 Å². The number of carboxylic acids is 1. The van der Waals surface area contributed by atoms with Crippen LogP contribution in [-0.4, -0.2) is 17.7 Å². The molecule has 0 unspecified atom stereocenters. The maximum absolute atomic E-state index is 11.3. The molecular formula is C19H22O3. The largest absolute Gasteiger partial charge is 0.492 e. The third-order valence-corrected chi connectivity index (χ3v) is 3.71. The van der Waals surface area contributed by atoms with E-state index in [4.69, 9.17) is 4.74 Å². The first-order valence-electron chi connectivity index (χ1n) is 7.53. The van der Waals surface area contributed by atoms with E-state index in [1.165, 1.54) is 11.1 Å². The van der Waals surface area contributed by atoms with Crippen molar-refractivity contribution >= 4 is 5.97 Å². The molecule has 0 radical (unpaired) electrons. The summed E-state index contributed by atoms with van der Waals surface area (Å²) in [6, 6.07) is 13.7. The SMILES string of the molecule is Cc1cccc(OCCc2cccc(C(C)C)c2)c1C(=O)O. The maximum atomic E-state index is 11.3. The number of hydrogen-bond acceptors (Lipinski definition) is 2. The van der Waals surface area contributed by atoms with E-state index in [0.717, 1.165) is 6.42 Å². The number of hydrogen-bond donors (Lipinski definition) is 1. The lowest BCUT2D eigenvalue weighted by Gasteiger charge is -2.12. The average Bonchev–Trinajstić information content (AvgIpc) is 2.47. The van der Waals surface area contributed by atoms with Gasteiger partial charge < -0.3 is 9.84 Å². The molecule has 0 atom stereocenters.